The third-order valence-electron chi connectivity index (χ3n) is 5.13. The van der Waals surface area contributed by atoms with Crippen molar-refractivity contribution in [3.8, 4) is 5.75 Å². The Morgan fingerprint density at radius 1 is 1.03 bits per heavy atom. The van der Waals surface area contributed by atoms with Crippen molar-refractivity contribution in [2.24, 2.45) is 5.92 Å². The Balaban J connectivity index is 2.24. The number of aliphatic hydroxyl groups excluding tert-OH is 1. The molecule has 3 N–H and O–H groups in total. The van der Waals surface area contributed by atoms with E-state index >= 15 is 0 Å². The van der Waals surface area contributed by atoms with Gasteiger partial charge in [-0.1, -0.05) is 44.2 Å². The van der Waals surface area contributed by atoms with Crippen LogP contribution in [-0.4, -0.2) is 50.3 Å². The number of carbonyl (C=O) groups is 1. The van der Waals surface area contributed by atoms with Crippen LogP contribution in [0.4, 0.5) is 18.0 Å². The summed E-state index contributed by atoms with van der Waals surface area (Å²) >= 11 is 0. The van der Waals surface area contributed by atoms with Gasteiger partial charge in [0.15, 0.2) is 0 Å². The molecular formula is C26H35F3N2O6S. The number of carbonyl (C=O) groups excluding carboxylic acids is 1. The molecule has 12 heteroatoms. The summed E-state index contributed by atoms with van der Waals surface area (Å²) < 4.78 is 75.8. The molecule has 2 aromatic rings. The Bertz CT molecular complexity index is 1170. The minimum absolute atomic E-state index is 0.0658. The first kappa shape index (κ1) is 31.4. The summed E-state index contributed by atoms with van der Waals surface area (Å²) in [6, 6.07) is 11.1. The van der Waals surface area contributed by atoms with E-state index in [0.717, 1.165) is 23.8 Å². The van der Waals surface area contributed by atoms with Crippen LogP contribution in [0.2, 0.25) is 0 Å². The fraction of sp³-hybridized carbons (Fsp3) is 0.500. The van der Waals surface area contributed by atoms with Crippen LogP contribution in [0, 0.1) is 5.92 Å². The first-order chi connectivity index (χ1) is 17.4. The molecule has 0 aliphatic carbocycles. The van der Waals surface area contributed by atoms with Crippen LogP contribution in [0.15, 0.2) is 53.4 Å². The predicted octanol–water partition coefficient (Wildman–Crippen LogP) is 4.56. The second kappa shape index (κ2) is 12.8. The second-order valence-electron chi connectivity index (χ2n) is 10.3. The van der Waals surface area contributed by atoms with E-state index in [1.165, 1.54) is 0 Å². The quantitative estimate of drug-likeness (QED) is 0.371. The number of rotatable bonds is 11. The van der Waals surface area contributed by atoms with Crippen molar-refractivity contribution in [3.63, 3.8) is 0 Å². The molecule has 0 saturated carbocycles. The summed E-state index contributed by atoms with van der Waals surface area (Å²) in [7, 11) is -4.25. The molecule has 2 atom stereocenters. The molecule has 0 fully saturated rings. The summed E-state index contributed by atoms with van der Waals surface area (Å²) in [6.07, 6.45) is -6.71. The van der Waals surface area contributed by atoms with Crippen molar-refractivity contribution in [2.45, 2.75) is 76.5 Å². The summed E-state index contributed by atoms with van der Waals surface area (Å²) in [5.41, 5.74) is 0.134. The molecule has 0 aliphatic rings. The Kier molecular flexibility index (Phi) is 10.6. The van der Waals surface area contributed by atoms with Crippen molar-refractivity contribution in [1.82, 2.24) is 10.0 Å². The van der Waals surface area contributed by atoms with Crippen molar-refractivity contribution in [3.05, 3.63) is 59.7 Å². The van der Waals surface area contributed by atoms with Crippen LogP contribution < -0.4 is 14.8 Å². The van der Waals surface area contributed by atoms with Crippen LogP contribution in [0.3, 0.4) is 0 Å². The van der Waals surface area contributed by atoms with E-state index in [1.54, 1.807) is 58.9 Å². The van der Waals surface area contributed by atoms with E-state index in [4.69, 9.17) is 4.74 Å². The van der Waals surface area contributed by atoms with E-state index in [-0.39, 0.29) is 29.2 Å². The maximum absolute atomic E-state index is 13.1. The number of aliphatic hydroxyl groups is 1. The smallest absolute Gasteiger partial charge is 0.444 e. The Morgan fingerprint density at radius 2 is 1.66 bits per heavy atom. The van der Waals surface area contributed by atoms with Gasteiger partial charge in [0.2, 0.25) is 10.0 Å². The molecule has 1 amide bonds. The molecule has 8 nitrogen and oxygen atoms in total. The number of alkyl carbamates (subject to hydrolysis) is 1. The van der Waals surface area contributed by atoms with Crippen molar-refractivity contribution >= 4 is 16.1 Å². The van der Waals surface area contributed by atoms with Gasteiger partial charge in [0, 0.05) is 6.54 Å². The molecule has 0 unspecified atom stereocenters. The number of ether oxygens (including phenoxy) is 2. The third kappa shape index (κ3) is 10.9. The summed E-state index contributed by atoms with van der Waals surface area (Å²) in [5, 5.41) is 13.5. The van der Waals surface area contributed by atoms with Gasteiger partial charge in [-0.2, -0.15) is 0 Å². The molecule has 212 valence electrons. The van der Waals surface area contributed by atoms with E-state index in [0.29, 0.717) is 0 Å². The monoisotopic (exact) mass is 560 g/mol. The lowest BCUT2D eigenvalue weighted by Gasteiger charge is -2.27. The van der Waals surface area contributed by atoms with Crippen molar-refractivity contribution in [1.29, 1.82) is 0 Å². The zero-order valence-corrected chi connectivity index (χ0v) is 22.8. The van der Waals surface area contributed by atoms with E-state index in [2.05, 4.69) is 14.8 Å². The molecule has 0 heterocycles. The van der Waals surface area contributed by atoms with E-state index in [1.807, 2.05) is 6.07 Å². The minimum Gasteiger partial charge on any atom is -0.444 e. The number of amides is 1. The van der Waals surface area contributed by atoms with Gasteiger partial charge < -0.3 is 19.9 Å². The highest BCUT2D eigenvalue weighted by Crippen LogP contribution is 2.28. The van der Waals surface area contributed by atoms with Gasteiger partial charge in [-0.15, -0.1) is 13.2 Å². The number of sulfonamides is 1. The number of hydrogen-bond acceptors (Lipinski definition) is 6. The van der Waals surface area contributed by atoms with Gasteiger partial charge in [-0.3, -0.25) is 0 Å². The van der Waals surface area contributed by atoms with Crippen LogP contribution in [-0.2, 0) is 27.6 Å². The molecule has 0 spiro atoms. The number of benzene rings is 2. The van der Waals surface area contributed by atoms with Crippen LogP contribution in [0.1, 0.15) is 45.7 Å². The van der Waals surface area contributed by atoms with Crippen LogP contribution >= 0.6 is 0 Å². The number of alkyl halides is 3. The fourth-order valence-electron chi connectivity index (χ4n) is 3.64. The van der Waals surface area contributed by atoms with E-state index < -0.39 is 52.5 Å². The molecule has 0 saturated heterocycles. The molecule has 0 radical (unpaired) electrons. The number of halogens is 3. The second-order valence-corrected chi connectivity index (χ2v) is 12.0. The SMILES string of the molecule is CC(C)Cc1cc(OC(F)(F)F)ccc1S(=O)(=O)NC[C@@H](O)[C@H](Cc1ccccc1)NC(=O)OC(C)(C)C. The largest absolute Gasteiger partial charge is 0.573 e. The average Bonchev–Trinajstić information content (AvgIpc) is 2.75. The molecule has 2 rings (SSSR count). The molecule has 0 aliphatic heterocycles. The maximum Gasteiger partial charge on any atom is 0.573 e. The lowest BCUT2D eigenvalue weighted by atomic mass is 10.0. The highest BCUT2D eigenvalue weighted by atomic mass is 32.2. The first-order valence-corrected chi connectivity index (χ1v) is 13.5. The van der Waals surface area contributed by atoms with Gasteiger partial charge in [0.25, 0.3) is 0 Å². The van der Waals surface area contributed by atoms with Crippen molar-refractivity contribution in [2.75, 3.05) is 6.54 Å². The number of nitrogens with one attached hydrogen (secondary N) is 2. The molecular weight excluding hydrogens is 525 g/mol. The third-order valence-corrected chi connectivity index (χ3v) is 6.65. The standard InChI is InChI=1S/C26H35F3N2O6S/c1-17(2)13-19-15-20(36-26(27,28)29)11-12-23(19)38(34,35)30-16-22(32)21(14-18-9-7-6-8-10-18)31-24(33)37-25(3,4)5/h6-12,15,17,21-22,30,32H,13-14,16H2,1-5H3,(H,31,33)/t21-,22+/m0/s1. The fourth-order valence-corrected chi connectivity index (χ4v) is 4.92. The zero-order valence-electron chi connectivity index (χ0n) is 22.0. The normalized spacial score (nSPS) is 14.2. The van der Waals surface area contributed by atoms with Crippen LogP contribution in [0.25, 0.3) is 0 Å². The molecule has 38 heavy (non-hydrogen) atoms. The Morgan fingerprint density at radius 3 is 2.21 bits per heavy atom. The van der Waals surface area contributed by atoms with Gasteiger partial charge in [-0.25, -0.2) is 17.9 Å². The number of hydrogen-bond donors (Lipinski definition) is 3. The first-order valence-electron chi connectivity index (χ1n) is 12.0. The molecule has 2 aromatic carbocycles. The minimum atomic E-state index is -4.92. The van der Waals surface area contributed by atoms with Crippen molar-refractivity contribution < 1.29 is 41.0 Å². The van der Waals surface area contributed by atoms with E-state index in [9.17, 15) is 31.5 Å². The van der Waals surface area contributed by atoms with Crippen LogP contribution in [0.5, 0.6) is 5.75 Å². The lowest BCUT2D eigenvalue weighted by Crippen LogP contribution is -2.50. The van der Waals surface area contributed by atoms with Gasteiger partial charge in [0.05, 0.1) is 17.0 Å². The molecule has 0 bridgehead atoms. The van der Waals surface area contributed by atoms with Gasteiger partial charge >= 0.3 is 12.5 Å². The highest BCUT2D eigenvalue weighted by molar-refractivity contribution is 7.89. The topological polar surface area (TPSA) is 114 Å². The van der Waals surface area contributed by atoms with Gasteiger partial charge in [0.1, 0.15) is 11.4 Å². The predicted molar refractivity (Wildman–Crippen MR) is 136 cm³/mol. The average molecular weight is 561 g/mol. The summed E-state index contributed by atoms with van der Waals surface area (Å²) in [6.45, 7) is 8.16. The Hall–Kier alpha value is -2.83. The Labute approximate surface area is 221 Å². The maximum atomic E-state index is 13.1. The van der Waals surface area contributed by atoms with Gasteiger partial charge in [-0.05, 0) is 68.9 Å². The lowest BCUT2D eigenvalue weighted by molar-refractivity contribution is -0.274. The summed E-state index contributed by atoms with van der Waals surface area (Å²) in [5.74, 6) is -0.597. The summed E-state index contributed by atoms with van der Waals surface area (Å²) in [4.78, 5) is 12.2. The zero-order chi connectivity index (χ0) is 28.7. The highest BCUT2D eigenvalue weighted by Gasteiger charge is 2.32. The molecule has 0 aromatic heterocycles.